The molecule has 0 saturated heterocycles. The van der Waals surface area contributed by atoms with E-state index in [-0.39, 0.29) is 11.6 Å². The van der Waals surface area contributed by atoms with Gasteiger partial charge >= 0.3 is 10.5 Å². The second kappa shape index (κ2) is 8.48. The van der Waals surface area contributed by atoms with Crippen LogP contribution in [0.4, 0.5) is 13.2 Å². The maximum Gasteiger partial charge on any atom is 0.327 e. The fourth-order valence-electron chi connectivity index (χ4n) is 0.844. The molecule has 0 aliphatic heterocycles. The first-order valence-electron chi connectivity index (χ1n) is 4.19. The van der Waals surface area contributed by atoms with Crippen molar-refractivity contribution in [2.45, 2.75) is 6.17 Å². The number of benzene rings is 1. The second-order valence-corrected chi connectivity index (χ2v) is 3.24. The Morgan fingerprint density at radius 1 is 1.29 bits per heavy atom. The van der Waals surface area contributed by atoms with Crippen molar-refractivity contribution in [2.75, 3.05) is 0 Å². The third-order valence-electron chi connectivity index (χ3n) is 1.48. The molecule has 1 unspecified atom stereocenters. The lowest BCUT2D eigenvalue weighted by Crippen LogP contribution is -1.85. The molecule has 1 atom stereocenters. The molecule has 17 heavy (non-hydrogen) atoms. The van der Waals surface area contributed by atoms with Gasteiger partial charge in [0, 0.05) is 6.08 Å². The smallest absolute Gasteiger partial charge is 0.237 e. The standard InChI is InChI=1S/C9H7F3.H2N2O2S/c10-8(6-9(11)12)7-4-2-1-3-5-7;1-2-5(3)4/h1-6,8H;1H2. The van der Waals surface area contributed by atoms with Crippen LogP contribution in [0.1, 0.15) is 11.7 Å². The highest BCUT2D eigenvalue weighted by Gasteiger charge is 2.06. The molecule has 0 spiro atoms. The second-order valence-electron chi connectivity index (χ2n) is 2.59. The summed E-state index contributed by atoms with van der Waals surface area (Å²) in [6.45, 7) is 0. The van der Waals surface area contributed by atoms with Crippen molar-refractivity contribution in [3.8, 4) is 0 Å². The van der Waals surface area contributed by atoms with Gasteiger partial charge in [0.15, 0.2) is 0 Å². The van der Waals surface area contributed by atoms with Crippen LogP contribution in [0.2, 0.25) is 0 Å². The molecule has 0 saturated carbocycles. The highest BCUT2D eigenvalue weighted by Crippen LogP contribution is 2.20. The Hall–Kier alpha value is -1.67. The monoisotopic (exact) mass is 266 g/mol. The van der Waals surface area contributed by atoms with Crippen molar-refractivity contribution in [2.24, 2.45) is 10.3 Å². The normalized spacial score (nSPS) is 10.6. The first kappa shape index (κ1) is 15.3. The van der Waals surface area contributed by atoms with Crippen molar-refractivity contribution >= 4 is 10.5 Å². The van der Waals surface area contributed by atoms with E-state index >= 15 is 0 Å². The van der Waals surface area contributed by atoms with Crippen LogP contribution in [0.5, 0.6) is 0 Å². The van der Waals surface area contributed by atoms with Crippen LogP contribution in [0.3, 0.4) is 0 Å². The van der Waals surface area contributed by atoms with Gasteiger partial charge in [0.2, 0.25) is 0 Å². The zero-order valence-electron chi connectivity index (χ0n) is 8.42. The van der Waals surface area contributed by atoms with Crippen molar-refractivity contribution in [1.29, 1.82) is 0 Å². The fraction of sp³-hybridized carbons (Fsp3) is 0.111. The van der Waals surface area contributed by atoms with Gasteiger partial charge in [0.25, 0.3) is 6.08 Å². The first-order valence-corrected chi connectivity index (χ1v) is 5.22. The zero-order valence-corrected chi connectivity index (χ0v) is 9.24. The van der Waals surface area contributed by atoms with Crippen molar-refractivity contribution in [1.82, 2.24) is 0 Å². The largest absolute Gasteiger partial charge is 0.327 e. The highest BCUT2D eigenvalue weighted by molar-refractivity contribution is 7.61. The van der Waals surface area contributed by atoms with Gasteiger partial charge in [-0.3, -0.25) is 0 Å². The number of allylic oxidation sites excluding steroid dienone is 1. The molecule has 0 heterocycles. The molecule has 2 N–H and O–H groups in total. The van der Waals surface area contributed by atoms with Gasteiger partial charge in [-0.05, 0) is 5.56 Å². The summed E-state index contributed by atoms with van der Waals surface area (Å²) in [4.78, 5) is 0. The lowest BCUT2D eigenvalue weighted by atomic mass is 10.1. The lowest BCUT2D eigenvalue weighted by Gasteiger charge is -2.00. The number of rotatable bonds is 2. The summed E-state index contributed by atoms with van der Waals surface area (Å²) < 4.78 is 56.5. The number of alkyl halides is 1. The number of hydrogen-bond acceptors (Lipinski definition) is 3. The van der Waals surface area contributed by atoms with Gasteiger partial charge in [0.05, 0.1) is 0 Å². The van der Waals surface area contributed by atoms with Gasteiger partial charge in [0.1, 0.15) is 6.17 Å². The van der Waals surface area contributed by atoms with Gasteiger partial charge < -0.3 is 0 Å². The number of hydrogen-bond donors (Lipinski definition) is 1. The third-order valence-corrected chi connectivity index (χ3v) is 1.65. The Kier molecular flexibility index (Phi) is 7.65. The molecule has 94 valence electrons. The maximum absolute atomic E-state index is 12.8. The van der Waals surface area contributed by atoms with Crippen LogP contribution in [-0.4, -0.2) is 8.42 Å². The average molecular weight is 266 g/mol. The van der Waals surface area contributed by atoms with Crippen LogP contribution in [0.25, 0.3) is 0 Å². The van der Waals surface area contributed by atoms with E-state index in [1.165, 1.54) is 12.1 Å². The van der Waals surface area contributed by atoms with Gasteiger partial charge in [-0.25, -0.2) is 10.2 Å². The van der Waals surface area contributed by atoms with E-state index < -0.39 is 22.8 Å². The molecule has 0 radical (unpaired) electrons. The molecule has 0 amide bonds. The molecule has 0 bridgehead atoms. The summed E-state index contributed by atoms with van der Waals surface area (Å²) in [6, 6.07) is 7.83. The Balaban J connectivity index is 0.000000437. The van der Waals surface area contributed by atoms with Crippen molar-refractivity contribution in [3.63, 3.8) is 0 Å². The minimum Gasteiger partial charge on any atom is -0.237 e. The summed E-state index contributed by atoms with van der Waals surface area (Å²) in [7, 11) is -2.42. The number of halogens is 3. The molecule has 1 aromatic rings. The molecule has 4 nitrogen and oxygen atoms in total. The Bertz CT molecular complexity index is 476. The van der Waals surface area contributed by atoms with E-state index in [4.69, 9.17) is 8.42 Å². The number of nitrogens with zero attached hydrogens (tertiary/aromatic N) is 1. The Morgan fingerprint density at radius 3 is 2.12 bits per heavy atom. The quantitative estimate of drug-likeness (QED) is 0.660. The molecule has 0 aliphatic rings. The predicted molar refractivity (Wildman–Crippen MR) is 56.1 cm³/mol. The van der Waals surface area contributed by atoms with Crippen LogP contribution < -0.4 is 5.84 Å². The third kappa shape index (κ3) is 8.17. The minimum atomic E-state index is -2.42. The van der Waals surface area contributed by atoms with Crippen molar-refractivity contribution in [3.05, 3.63) is 48.1 Å². The van der Waals surface area contributed by atoms with Gasteiger partial charge in [-0.1, -0.05) is 34.8 Å². The summed E-state index contributed by atoms with van der Waals surface area (Å²) in [5.41, 5.74) is 0.241. The minimum absolute atomic E-state index is 0.241. The molecular formula is C9H9F3N2O2S. The summed E-state index contributed by atoms with van der Waals surface area (Å²) >= 11 is 0. The van der Waals surface area contributed by atoms with Crippen LogP contribution >= 0.6 is 0 Å². The SMILES string of the molecule is FC(F)=CC(F)c1ccccc1.NN=S(=O)=O. The molecular weight excluding hydrogens is 257 g/mol. The Morgan fingerprint density at radius 2 is 1.76 bits per heavy atom. The van der Waals surface area contributed by atoms with Crippen molar-refractivity contribution < 1.29 is 21.6 Å². The highest BCUT2D eigenvalue weighted by atomic mass is 32.2. The first-order chi connectivity index (χ1) is 7.97. The van der Waals surface area contributed by atoms with E-state index in [9.17, 15) is 13.2 Å². The molecule has 1 aromatic carbocycles. The topological polar surface area (TPSA) is 72.5 Å². The Labute approximate surface area is 97.2 Å². The summed E-state index contributed by atoms with van der Waals surface area (Å²) in [5.74, 6) is 4.18. The van der Waals surface area contributed by atoms with Crippen LogP contribution in [0.15, 0.2) is 47.0 Å². The van der Waals surface area contributed by atoms with Gasteiger partial charge in [-0.15, -0.1) is 0 Å². The molecule has 0 aromatic heterocycles. The van der Waals surface area contributed by atoms with Gasteiger partial charge in [-0.2, -0.15) is 17.2 Å². The van der Waals surface area contributed by atoms with E-state index in [2.05, 4.69) is 10.3 Å². The van der Waals surface area contributed by atoms with Crippen LogP contribution in [-0.2, 0) is 10.5 Å². The summed E-state index contributed by atoms with van der Waals surface area (Å²) in [6.07, 6.45) is -3.42. The fourth-order valence-corrected chi connectivity index (χ4v) is 0.844. The number of nitrogens with two attached hydrogens (primary N) is 1. The van der Waals surface area contributed by atoms with E-state index in [1.807, 2.05) is 0 Å². The molecule has 0 fully saturated rings. The maximum atomic E-state index is 12.8. The molecule has 1 rings (SSSR count). The lowest BCUT2D eigenvalue weighted by molar-refractivity contribution is 0.368. The predicted octanol–water partition coefficient (Wildman–Crippen LogP) is 2.40. The molecule has 0 aliphatic carbocycles. The van der Waals surface area contributed by atoms with E-state index in [0.29, 0.717) is 0 Å². The average Bonchev–Trinajstić information content (AvgIpc) is 2.30. The summed E-state index contributed by atoms with van der Waals surface area (Å²) in [5, 5.41) is 0. The van der Waals surface area contributed by atoms with E-state index in [1.54, 1.807) is 18.2 Å². The molecule has 8 heteroatoms. The van der Waals surface area contributed by atoms with Crippen LogP contribution in [0, 0.1) is 0 Å². The van der Waals surface area contributed by atoms with E-state index in [0.717, 1.165) is 0 Å². The zero-order chi connectivity index (χ0) is 13.3.